The van der Waals surface area contributed by atoms with Crippen LogP contribution in [0.3, 0.4) is 0 Å². The van der Waals surface area contributed by atoms with E-state index < -0.39 is 24.5 Å². The summed E-state index contributed by atoms with van der Waals surface area (Å²) >= 11 is 3.32. The number of rotatable bonds is 6. The molecule has 0 aliphatic heterocycles. The van der Waals surface area contributed by atoms with E-state index in [2.05, 4.69) is 26.2 Å². The Balaban J connectivity index is 2.61. The molecule has 1 unspecified atom stereocenters. The summed E-state index contributed by atoms with van der Waals surface area (Å²) in [5.74, 6) is 0.843. The highest BCUT2D eigenvalue weighted by Crippen LogP contribution is 2.28. The van der Waals surface area contributed by atoms with Crippen LogP contribution < -0.4 is 10.1 Å². The number of ether oxygens (including phenoxy) is 2. The van der Waals surface area contributed by atoms with Crippen LogP contribution in [0.25, 0.3) is 0 Å². The molecule has 0 radical (unpaired) electrons. The number of hydrogen-bond acceptors (Lipinski definition) is 5. The van der Waals surface area contributed by atoms with Gasteiger partial charge in [-0.05, 0) is 61.3 Å². The van der Waals surface area contributed by atoms with E-state index >= 15 is 0 Å². The molecule has 140 valence electrons. The summed E-state index contributed by atoms with van der Waals surface area (Å²) in [7, 11) is 0. The SMILES string of the molecule is CC(=NCC(O)c1ccc(OCCF)c(Br)c1)NC(=O)OC(C)(C)C. The maximum absolute atomic E-state index is 12.1. The average molecular weight is 419 g/mol. The summed E-state index contributed by atoms with van der Waals surface area (Å²) in [5, 5.41) is 12.7. The summed E-state index contributed by atoms with van der Waals surface area (Å²) < 4.78 is 23.1. The van der Waals surface area contributed by atoms with Gasteiger partial charge >= 0.3 is 6.09 Å². The van der Waals surface area contributed by atoms with E-state index in [0.29, 0.717) is 21.6 Å². The molecule has 0 aliphatic rings. The highest BCUT2D eigenvalue weighted by molar-refractivity contribution is 9.10. The highest BCUT2D eigenvalue weighted by Gasteiger charge is 2.16. The molecule has 0 aromatic heterocycles. The van der Waals surface area contributed by atoms with Gasteiger partial charge in [0.25, 0.3) is 0 Å². The Morgan fingerprint density at radius 1 is 1.44 bits per heavy atom. The van der Waals surface area contributed by atoms with Crippen molar-refractivity contribution in [2.45, 2.75) is 39.4 Å². The number of hydrogen-bond donors (Lipinski definition) is 2. The zero-order chi connectivity index (χ0) is 19.0. The van der Waals surface area contributed by atoms with Crippen LogP contribution in [-0.2, 0) is 4.74 Å². The first kappa shape index (κ1) is 21.4. The number of amidine groups is 1. The zero-order valence-corrected chi connectivity index (χ0v) is 16.4. The Morgan fingerprint density at radius 2 is 2.12 bits per heavy atom. The van der Waals surface area contributed by atoms with Crippen molar-refractivity contribution in [1.29, 1.82) is 0 Å². The lowest BCUT2D eigenvalue weighted by Crippen LogP contribution is -2.35. The highest BCUT2D eigenvalue weighted by atomic mass is 79.9. The van der Waals surface area contributed by atoms with E-state index in [9.17, 15) is 14.3 Å². The Labute approximate surface area is 155 Å². The minimum atomic E-state index is -0.859. The third-order valence-electron chi connectivity index (χ3n) is 2.86. The van der Waals surface area contributed by atoms with Crippen molar-refractivity contribution < 1.29 is 23.8 Å². The van der Waals surface area contributed by atoms with Crippen LogP contribution in [0.5, 0.6) is 5.75 Å². The van der Waals surface area contributed by atoms with E-state index in [0.717, 1.165) is 0 Å². The number of alkyl carbamates (subject to hydrolysis) is 1. The Morgan fingerprint density at radius 3 is 2.68 bits per heavy atom. The lowest BCUT2D eigenvalue weighted by atomic mass is 10.1. The smallest absolute Gasteiger partial charge is 0.413 e. The molecule has 2 N–H and O–H groups in total. The molecule has 0 fully saturated rings. The number of aliphatic hydroxyl groups is 1. The van der Waals surface area contributed by atoms with Crippen LogP contribution >= 0.6 is 15.9 Å². The second-order valence-electron chi connectivity index (χ2n) is 6.30. The molecule has 0 heterocycles. The molecule has 1 atom stereocenters. The molecule has 1 aromatic carbocycles. The van der Waals surface area contributed by atoms with Gasteiger partial charge in [0.2, 0.25) is 0 Å². The van der Waals surface area contributed by atoms with Gasteiger partial charge in [0.15, 0.2) is 0 Å². The molecule has 1 aromatic rings. The molecular weight excluding hydrogens is 395 g/mol. The number of nitrogens with one attached hydrogen (secondary N) is 1. The topological polar surface area (TPSA) is 80.2 Å². The maximum Gasteiger partial charge on any atom is 0.413 e. The molecule has 1 rings (SSSR count). The lowest BCUT2D eigenvalue weighted by Gasteiger charge is -2.19. The van der Waals surface area contributed by atoms with E-state index in [4.69, 9.17) is 9.47 Å². The first-order chi connectivity index (χ1) is 11.6. The molecule has 0 spiro atoms. The molecule has 1 amide bonds. The molecule has 0 aliphatic carbocycles. The maximum atomic E-state index is 12.1. The number of aliphatic imine (C=N–C) groups is 1. The number of carbonyl (C=O) groups is 1. The van der Waals surface area contributed by atoms with Crippen LogP contribution in [0.1, 0.15) is 39.4 Å². The molecular formula is C17H24BrFN2O4. The van der Waals surface area contributed by atoms with Gasteiger partial charge in [-0.2, -0.15) is 0 Å². The van der Waals surface area contributed by atoms with Gasteiger partial charge in [-0.1, -0.05) is 6.07 Å². The largest absolute Gasteiger partial charge is 0.490 e. The van der Waals surface area contributed by atoms with Crippen LogP contribution in [0.15, 0.2) is 27.7 Å². The Hall–Kier alpha value is -1.67. The molecule has 0 saturated carbocycles. The second kappa shape index (κ2) is 9.72. The van der Waals surface area contributed by atoms with Crippen molar-refractivity contribution in [3.8, 4) is 5.75 Å². The van der Waals surface area contributed by atoms with E-state index in [1.807, 2.05) is 0 Å². The third-order valence-corrected chi connectivity index (χ3v) is 3.48. The standard InChI is InChI=1S/C17H24BrFN2O4/c1-11(21-16(23)25-17(2,3)4)20-10-14(22)12-5-6-15(13(18)9-12)24-8-7-19/h5-6,9,14,22H,7-8,10H2,1-4H3,(H,20,21,23). The van der Waals surface area contributed by atoms with Crippen LogP contribution in [0.4, 0.5) is 9.18 Å². The minimum Gasteiger partial charge on any atom is -0.490 e. The van der Waals surface area contributed by atoms with E-state index in [-0.39, 0.29) is 13.2 Å². The minimum absolute atomic E-state index is 0.0275. The number of halogens is 2. The monoisotopic (exact) mass is 418 g/mol. The fourth-order valence-corrected chi connectivity index (χ4v) is 2.32. The second-order valence-corrected chi connectivity index (χ2v) is 7.15. The van der Waals surface area contributed by atoms with Gasteiger partial charge in [0, 0.05) is 0 Å². The van der Waals surface area contributed by atoms with Crippen molar-refractivity contribution in [2.24, 2.45) is 4.99 Å². The average Bonchev–Trinajstić information content (AvgIpc) is 2.49. The number of benzene rings is 1. The van der Waals surface area contributed by atoms with Gasteiger partial charge < -0.3 is 14.6 Å². The Kier molecular flexibility index (Phi) is 8.31. The fraction of sp³-hybridized carbons (Fsp3) is 0.529. The predicted molar refractivity (Wildman–Crippen MR) is 97.9 cm³/mol. The van der Waals surface area contributed by atoms with Gasteiger partial charge in [-0.15, -0.1) is 0 Å². The first-order valence-electron chi connectivity index (χ1n) is 7.79. The predicted octanol–water partition coefficient (Wildman–Crippen LogP) is 3.77. The summed E-state index contributed by atoms with van der Waals surface area (Å²) in [6.45, 7) is 6.37. The lowest BCUT2D eigenvalue weighted by molar-refractivity contribution is 0.0562. The fourth-order valence-electron chi connectivity index (χ4n) is 1.81. The van der Waals surface area contributed by atoms with Crippen molar-refractivity contribution in [2.75, 3.05) is 19.8 Å². The van der Waals surface area contributed by atoms with E-state index in [1.165, 1.54) is 0 Å². The molecule has 0 bridgehead atoms. The third kappa shape index (κ3) is 8.31. The van der Waals surface area contributed by atoms with Crippen molar-refractivity contribution in [3.63, 3.8) is 0 Å². The summed E-state index contributed by atoms with van der Waals surface area (Å²) in [4.78, 5) is 15.8. The van der Waals surface area contributed by atoms with Gasteiger partial charge in [0.05, 0.1) is 17.1 Å². The number of amides is 1. The number of alkyl halides is 1. The molecule has 25 heavy (non-hydrogen) atoms. The van der Waals surface area contributed by atoms with Crippen molar-refractivity contribution >= 4 is 27.9 Å². The van der Waals surface area contributed by atoms with Gasteiger partial charge in [-0.25, -0.2) is 9.18 Å². The number of aliphatic hydroxyl groups excluding tert-OH is 1. The summed E-state index contributed by atoms with van der Waals surface area (Å²) in [6, 6.07) is 5.01. The van der Waals surface area contributed by atoms with Crippen LogP contribution in [0.2, 0.25) is 0 Å². The first-order valence-corrected chi connectivity index (χ1v) is 8.59. The van der Waals surface area contributed by atoms with E-state index in [1.54, 1.807) is 45.9 Å². The van der Waals surface area contributed by atoms with Crippen LogP contribution in [0, 0.1) is 0 Å². The summed E-state index contributed by atoms with van der Waals surface area (Å²) in [5.41, 5.74) is 0.0237. The normalized spacial score (nSPS) is 13.3. The van der Waals surface area contributed by atoms with Crippen LogP contribution in [-0.4, -0.2) is 42.5 Å². The van der Waals surface area contributed by atoms with Gasteiger partial charge in [0.1, 0.15) is 30.5 Å². The molecule has 6 nitrogen and oxygen atoms in total. The molecule has 0 saturated heterocycles. The zero-order valence-electron chi connectivity index (χ0n) is 14.8. The summed E-state index contributed by atoms with van der Waals surface area (Å²) in [6.07, 6.45) is -1.46. The Bertz CT molecular complexity index is 617. The van der Waals surface area contributed by atoms with Gasteiger partial charge in [-0.3, -0.25) is 10.3 Å². The number of carbonyl (C=O) groups excluding carboxylic acids is 1. The van der Waals surface area contributed by atoms with Crippen molar-refractivity contribution in [1.82, 2.24) is 5.32 Å². The number of nitrogens with zero attached hydrogens (tertiary/aromatic N) is 1. The quantitative estimate of drug-likeness (QED) is 0.544. The van der Waals surface area contributed by atoms with Crippen molar-refractivity contribution in [3.05, 3.63) is 28.2 Å². The molecule has 8 heteroatoms.